The molecule has 0 aliphatic carbocycles. The van der Waals surface area contributed by atoms with Crippen LogP contribution in [0.2, 0.25) is 0 Å². The van der Waals surface area contributed by atoms with Crippen LogP contribution in [0.4, 0.5) is 0 Å². The highest BCUT2D eigenvalue weighted by molar-refractivity contribution is 5.83. The topological polar surface area (TPSA) is 142 Å². The van der Waals surface area contributed by atoms with Crippen molar-refractivity contribution in [2.75, 3.05) is 26.8 Å². The van der Waals surface area contributed by atoms with Gasteiger partial charge in [-0.25, -0.2) is 9.59 Å². The summed E-state index contributed by atoms with van der Waals surface area (Å²) < 4.78 is 9.55. The Morgan fingerprint density at radius 2 is 1.30 bits per heavy atom. The number of rotatable bonds is 9. The zero-order valence-electron chi connectivity index (χ0n) is 11.7. The van der Waals surface area contributed by atoms with Gasteiger partial charge in [-0.3, -0.25) is 4.79 Å². The average Bonchev–Trinajstić information content (AvgIpc) is 2.33. The molecule has 0 fully saturated rings. The van der Waals surface area contributed by atoms with E-state index in [0.29, 0.717) is 0 Å². The highest BCUT2D eigenvalue weighted by Crippen LogP contribution is 2.05. The van der Waals surface area contributed by atoms with Crippen LogP contribution in [0.25, 0.3) is 0 Å². The van der Waals surface area contributed by atoms with E-state index >= 15 is 0 Å². The van der Waals surface area contributed by atoms with Crippen LogP contribution in [0.1, 0.15) is 13.8 Å². The van der Waals surface area contributed by atoms with Crippen LogP contribution < -0.4 is 5.32 Å². The van der Waals surface area contributed by atoms with Crippen molar-refractivity contribution >= 4 is 17.9 Å². The minimum atomic E-state index is -1.46. The molecule has 0 bridgehead atoms. The number of carboxylic acids is 3. The van der Waals surface area contributed by atoms with Gasteiger partial charge in [0.2, 0.25) is 0 Å². The van der Waals surface area contributed by atoms with Crippen molar-refractivity contribution in [3.8, 4) is 0 Å². The van der Waals surface area contributed by atoms with Crippen molar-refractivity contribution in [2.24, 2.45) is 0 Å². The van der Waals surface area contributed by atoms with Crippen molar-refractivity contribution in [1.29, 1.82) is 0 Å². The number of aliphatic carboxylic acids is 3. The van der Waals surface area contributed by atoms with Gasteiger partial charge in [-0.1, -0.05) is 0 Å². The molecular weight excluding hydrogens is 274 g/mol. The summed E-state index contributed by atoms with van der Waals surface area (Å²) in [5, 5.41) is 27.7. The second kappa shape index (κ2) is 12.3. The molecule has 4 N–H and O–H groups in total. The van der Waals surface area contributed by atoms with Crippen LogP contribution in [0, 0.1) is 0 Å². The monoisotopic (exact) mass is 295 g/mol. The Morgan fingerprint density at radius 3 is 1.40 bits per heavy atom. The Hall–Kier alpha value is -1.71. The Morgan fingerprint density at radius 1 is 0.950 bits per heavy atom. The van der Waals surface area contributed by atoms with Crippen molar-refractivity contribution < 1.29 is 39.2 Å². The van der Waals surface area contributed by atoms with E-state index in [1.807, 2.05) is 0 Å². The molecule has 20 heavy (non-hydrogen) atoms. The predicted molar refractivity (Wildman–Crippen MR) is 67.7 cm³/mol. The minimum absolute atomic E-state index is 0.0417. The van der Waals surface area contributed by atoms with Crippen molar-refractivity contribution in [2.45, 2.75) is 26.1 Å². The first kappa shape index (κ1) is 20.6. The number of carboxylic acid groups (broad SMARTS) is 3. The molecule has 0 saturated heterocycles. The fourth-order valence-corrected chi connectivity index (χ4v) is 1.09. The average molecular weight is 295 g/mol. The van der Waals surface area contributed by atoms with Gasteiger partial charge in [-0.15, -0.1) is 0 Å². The lowest BCUT2D eigenvalue weighted by Crippen LogP contribution is -2.43. The molecule has 2 atom stereocenters. The van der Waals surface area contributed by atoms with Crippen LogP contribution in [0.5, 0.6) is 0 Å². The van der Waals surface area contributed by atoms with Crippen molar-refractivity contribution in [1.82, 2.24) is 5.32 Å². The van der Waals surface area contributed by atoms with E-state index in [-0.39, 0.29) is 19.8 Å². The molecule has 0 rings (SSSR count). The fraction of sp³-hybridized carbons (Fsp3) is 0.727. The summed E-state index contributed by atoms with van der Waals surface area (Å²) in [7, 11) is 1.59. The standard InChI is InChI=1S/C8H14O6.C3H7NO2/c1-3-13-5(7(9)10)6(8(11)12)14-4-2;1-4-2-3(5)6/h5-6H,3-4H2,1-2H3,(H,9,10)(H,11,12);4H,2H2,1H3,(H,5,6). The van der Waals surface area contributed by atoms with Gasteiger partial charge in [0.25, 0.3) is 0 Å². The third-order valence-corrected chi connectivity index (χ3v) is 1.78. The molecule has 0 aromatic heterocycles. The summed E-state index contributed by atoms with van der Waals surface area (Å²) in [5.74, 6) is -3.50. The van der Waals surface area contributed by atoms with E-state index in [0.717, 1.165) is 0 Å². The van der Waals surface area contributed by atoms with E-state index in [9.17, 15) is 14.4 Å². The molecule has 0 heterocycles. The lowest BCUT2D eigenvalue weighted by molar-refractivity contribution is -0.175. The van der Waals surface area contributed by atoms with E-state index < -0.39 is 30.1 Å². The number of likely N-dealkylation sites (N-methyl/N-ethyl adjacent to an activating group) is 1. The molecule has 118 valence electrons. The highest BCUT2D eigenvalue weighted by atomic mass is 16.6. The van der Waals surface area contributed by atoms with Gasteiger partial charge in [-0.05, 0) is 20.9 Å². The van der Waals surface area contributed by atoms with Crippen LogP contribution >= 0.6 is 0 Å². The Kier molecular flexibility index (Phi) is 12.7. The molecule has 0 aromatic rings. The van der Waals surface area contributed by atoms with Gasteiger partial charge in [0.15, 0.2) is 12.2 Å². The van der Waals surface area contributed by atoms with Gasteiger partial charge >= 0.3 is 17.9 Å². The maximum absolute atomic E-state index is 10.6. The first-order valence-corrected chi connectivity index (χ1v) is 5.86. The molecular formula is C11H21NO8. The maximum atomic E-state index is 10.6. The second-order valence-corrected chi connectivity index (χ2v) is 3.35. The quantitative estimate of drug-likeness (QED) is 0.432. The third-order valence-electron chi connectivity index (χ3n) is 1.78. The first-order chi connectivity index (χ1) is 9.31. The lowest BCUT2D eigenvalue weighted by atomic mass is 10.2. The molecule has 0 radical (unpaired) electrons. The first-order valence-electron chi connectivity index (χ1n) is 5.86. The summed E-state index contributed by atoms with van der Waals surface area (Å²) in [5.41, 5.74) is 0. The summed E-state index contributed by atoms with van der Waals surface area (Å²) in [6, 6.07) is 0. The second-order valence-electron chi connectivity index (χ2n) is 3.35. The number of hydrogen-bond acceptors (Lipinski definition) is 6. The molecule has 0 aromatic carbocycles. The predicted octanol–water partition coefficient (Wildman–Crippen LogP) is -0.744. The molecule has 2 unspecified atom stereocenters. The molecule has 0 amide bonds. The molecule has 0 saturated carbocycles. The fourth-order valence-electron chi connectivity index (χ4n) is 1.09. The number of ether oxygens (including phenoxy) is 2. The molecule has 9 nitrogen and oxygen atoms in total. The van der Waals surface area contributed by atoms with Gasteiger partial charge in [0.05, 0.1) is 6.54 Å². The molecule has 9 heteroatoms. The zero-order valence-corrected chi connectivity index (χ0v) is 11.7. The number of carbonyl (C=O) groups is 3. The SMILES string of the molecule is CCOC(C(=O)O)C(OCC)C(=O)O.CNCC(=O)O. The lowest BCUT2D eigenvalue weighted by Gasteiger charge is -2.19. The van der Waals surface area contributed by atoms with Crippen LogP contribution in [0.15, 0.2) is 0 Å². The van der Waals surface area contributed by atoms with E-state index in [2.05, 4.69) is 5.32 Å². The number of nitrogens with one attached hydrogen (secondary N) is 1. The highest BCUT2D eigenvalue weighted by Gasteiger charge is 2.35. The molecule has 0 aliphatic rings. The largest absolute Gasteiger partial charge is 0.480 e. The normalized spacial score (nSPS) is 12.8. The smallest absolute Gasteiger partial charge is 0.336 e. The van der Waals surface area contributed by atoms with Crippen molar-refractivity contribution in [3.63, 3.8) is 0 Å². The Labute approximate surface area is 116 Å². The molecule has 0 spiro atoms. The van der Waals surface area contributed by atoms with Gasteiger partial charge in [-0.2, -0.15) is 0 Å². The summed E-state index contributed by atoms with van der Waals surface area (Å²) in [6.45, 7) is 3.45. The van der Waals surface area contributed by atoms with Gasteiger partial charge in [0.1, 0.15) is 0 Å². The maximum Gasteiger partial charge on any atom is 0.336 e. The van der Waals surface area contributed by atoms with Crippen LogP contribution in [-0.2, 0) is 23.9 Å². The third kappa shape index (κ3) is 10.2. The number of hydrogen-bond donors (Lipinski definition) is 4. The van der Waals surface area contributed by atoms with E-state index in [1.54, 1.807) is 20.9 Å². The summed E-state index contributed by atoms with van der Waals surface area (Å²) in [4.78, 5) is 30.8. The van der Waals surface area contributed by atoms with Gasteiger partial charge < -0.3 is 30.1 Å². The van der Waals surface area contributed by atoms with Crippen LogP contribution in [0.3, 0.4) is 0 Å². The van der Waals surface area contributed by atoms with Crippen LogP contribution in [-0.4, -0.2) is 72.2 Å². The Bertz CT molecular complexity index is 285. The van der Waals surface area contributed by atoms with Gasteiger partial charge in [0, 0.05) is 13.2 Å². The summed E-state index contributed by atoms with van der Waals surface area (Å²) in [6.07, 6.45) is -2.92. The minimum Gasteiger partial charge on any atom is -0.480 e. The zero-order chi connectivity index (χ0) is 16.1. The molecule has 0 aliphatic heterocycles. The summed E-state index contributed by atoms with van der Waals surface area (Å²) >= 11 is 0. The Balaban J connectivity index is 0. The van der Waals surface area contributed by atoms with E-state index in [1.165, 1.54) is 0 Å². The van der Waals surface area contributed by atoms with Crippen molar-refractivity contribution in [3.05, 3.63) is 0 Å². The van der Waals surface area contributed by atoms with E-state index in [4.69, 9.17) is 24.8 Å².